The zero-order valence-corrected chi connectivity index (χ0v) is 18.2. The molecule has 0 unspecified atom stereocenters. The van der Waals surface area contributed by atoms with E-state index >= 15 is 0 Å². The Morgan fingerprint density at radius 1 is 1.00 bits per heavy atom. The maximum Gasteiger partial charge on any atom is 0.262 e. The summed E-state index contributed by atoms with van der Waals surface area (Å²) in [6.07, 6.45) is 5.10. The first-order valence-electron chi connectivity index (χ1n) is 10.4. The number of benzene rings is 2. The molecule has 0 aliphatic carbocycles. The van der Waals surface area contributed by atoms with Crippen LogP contribution in [0.1, 0.15) is 15.9 Å². The van der Waals surface area contributed by atoms with Crippen molar-refractivity contribution in [2.24, 2.45) is 0 Å². The lowest BCUT2D eigenvalue weighted by Crippen LogP contribution is -2.13. The van der Waals surface area contributed by atoms with E-state index in [9.17, 15) is 4.79 Å². The van der Waals surface area contributed by atoms with Crippen molar-refractivity contribution in [1.29, 1.82) is 0 Å². The first kappa shape index (κ1) is 19.4. The van der Waals surface area contributed by atoms with E-state index in [0.29, 0.717) is 23.6 Å². The van der Waals surface area contributed by atoms with Crippen molar-refractivity contribution < 1.29 is 4.79 Å². The second kappa shape index (κ2) is 7.99. The lowest BCUT2D eigenvalue weighted by Gasteiger charge is -2.07. The smallest absolute Gasteiger partial charge is 0.262 e. The number of thiophene rings is 1. The van der Waals surface area contributed by atoms with Gasteiger partial charge in [0.1, 0.15) is 5.56 Å². The molecule has 7 nitrogen and oxygen atoms in total. The molecule has 2 aromatic carbocycles. The largest absolute Gasteiger partial charge is 0.305 e. The molecule has 0 fully saturated rings. The van der Waals surface area contributed by atoms with Gasteiger partial charge in [0.15, 0.2) is 11.5 Å². The number of fused-ring (bicyclic) bond motifs is 2. The number of rotatable bonds is 5. The minimum absolute atomic E-state index is 0.295. The van der Waals surface area contributed by atoms with Crippen molar-refractivity contribution in [3.63, 3.8) is 0 Å². The van der Waals surface area contributed by atoms with Crippen molar-refractivity contribution in [1.82, 2.24) is 24.4 Å². The molecule has 8 heteroatoms. The molecule has 1 N–H and O–H groups in total. The van der Waals surface area contributed by atoms with Gasteiger partial charge in [-0.2, -0.15) is 10.2 Å². The Morgan fingerprint density at radius 2 is 1.91 bits per heavy atom. The van der Waals surface area contributed by atoms with Gasteiger partial charge in [-0.15, -0.1) is 11.3 Å². The van der Waals surface area contributed by atoms with Crippen LogP contribution in [0.25, 0.3) is 27.0 Å². The van der Waals surface area contributed by atoms with E-state index in [0.717, 1.165) is 10.6 Å². The molecular formula is C25H18N6OS. The van der Waals surface area contributed by atoms with Crippen LogP contribution in [0, 0.1) is 0 Å². The van der Waals surface area contributed by atoms with E-state index in [-0.39, 0.29) is 5.91 Å². The van der Waals surface area contributed by atoms with Crippen molar-refractivity contribution in [3.05, 3.63) is 102 Å². The summed E-state index contributed by atoms with van der Waals surface area (Å²) in [5, 5.41) is 16.2. The van der Waals surface area contributed by atoms with Gasteiger partial charge < -0.3 is 5.32 Å². The second-order valence-electron chi connectivity index (χ2n) is 7.59. The molecule has 0 aliphatic rings. The van der Waals surface area contributed by atoms with Gasteiger partial charge in [0.2, 0.25) is 0 Å². The third-order valence-electron chi connectivity index (χ3n) is 5.51. The van der Waals surface area contributed by atoms with Gasteiger partial charge in [-0.1, -0.05) is 48.5 Å². The Bertz CT molecular complexity index is 1590. The monoisotopic (exact) mass is 450 g/mol. The molecule has 1 amide bonds. The van der Waals surface area contributed by atoms with Gasteiger partial charge >= 0.3 is 0 Å². The number of anilines is 1. The Morgan fingerprint density at radius 3 is 2.82 bits per heavy atom. The summed E-state index contributed by atoms with van der Waals surface area (Å²) in [6.45, 7) is 0.611. The summed E-state index contributed by atoms with van der Waals surface area (Å²) in [4.78, 5) is 18.4. The third kappa shape index (κ3) is 3.56. The fourth-order valence-corrected chi connectivity index (χ4v) is 4.70. The normalized spacial score (nSPS) is 11.3. The Balaban J connectivity index is 1.24. The van der Waals surface area contributed by atoms with Crippen LogP contribution >= 0.6 is 11.3 Å². The predicted octanol–water partition coefficient (Wildman–Crippen LogP) is 5.11. The fraction of sp³-hybridized carbons (Fsp3) is 0.0400. The van der Waals surface area contributed by atoms with Crippen LogP contribution in [0.4, 0.5) is 5.82 Å². The molecule has 0 saturated carbocycles. The molecule has 4 aromatic heterocycles. The summed E-state index contributed by atoms with van der Waals surface area (Å²) in [7, 11) is 0. The average molecular weight is 451 g/mol. The molecule has 33 heavy (non-hydrogen) atoms. The standard InChI is InChI=1S/C25H18N6OS/c32-25(20-15-27-31-21(10-12-26-24(20)31)22-9-4-14-33-22)28-23-11-13-30(29-23)16-18-7-3-6-17-5-1-2-8-19(17)18/h1-15H,16H2,(H,28,29,32). The molecule has 0 aliphatic heterocycles. The van der Waals surface area contributed by atoms with E-state index in [2.05, 4.69) is 44.8 Å². The van der Waals surface area contributed by atoms with Crippen molar-refractivity contribution >= 4 is 39.5 Å². The Kier molecular flexibility index (Phi) is 4.70. The number of carbonyl (C=O) groups excluding carboxylic acids is 1. The molecule has 0 bridgehead atoms. The van der Waals surface area contributed by atoms with E-state index in [4.69, 9.17) is 0 Å². The second-order valence-corrected chi connectivity index (χ2v) is 8.54. The summed E-state index contributed by atoms with van der Waals surface area (Å²) >= 11 is 1.61. The molecule has 0 radical (unpaired) electrons. The number of nitrogens with zero attached hydrogens (tertiary/aromatic N) is 5. The summed E-state index contributed by atoms with van der Waals surface area (Å²) in [6, 6.07) is 22.2. The molecular weight excluding hydrogens is 432 g/mol. The van der Waals surface area contributed by atoms with E-state index < -0.39 is 0 Å². The van der Waals surface area contributed by atoms with Crippen LogP contribution in [0.5, 0.6) is 0 Å². The molecule has 4 heterocycles. The Hall–Kier alpha value is -4.30. The van der Waals surface area contributed by atoms with Crippen LogP contribution in [0.2, 0.25) is 0 Å². The number of amides is 1. The highest BCUT2D eigenvalue weighted by Gasteiger charge is 2.17. The fourth-order valence-electron chi connectivity index (χ4n) is 3.97. The number of hydrogen-bond donors (Lipinski definition) is 1. The summed E-state index contributed by atoms with van der Waals surface area (Å²) < 4.78 is 3.51. The number of aromatic nitrogens is 5. The number of hydrogen-bond acceptors (Lipinski definition) is 5. The maximum atomic E-state index is 13.0. The number of carbonyl (C=O) groups is 1. The molecule has 0 saturated heterocycles. The first-order chi connectivity index (χ1) is 16.3. The van der Waals surface area contributed by atoms with Gasteiger partial charge in [-0.25, -0.2) is 9.50 Å². The van der Waals surface area contributed by atoms with Gasteiger partial charge in [-0.3, -0.25) is 9.48 Å². The molecule has 0 spiro atoms. The Labute approximate surface area is 192 Å². The van der Waals surface area contributed by atoms with Crippen LogP contribution < -0.4 is 5.32 Å². The lowest BCUT2D eigenvalue weighted by molar-refractivity contribution is 0.102. The van der Waals surface area contributed by atoms with Crippen molar-refractivity contribution in [3.8, 4) is 10.6 Å². The minimum atomic E-state index is -0.295. The minimum Gasteiger partial charge on any atom is -0.305 e. The van der Waals surface area contributed by atoms with Crippen LogP contribution in [0.15, 0.2) is 90.7 Å². The highest BCUT2D eigenvalue weighted by Crippen LogP contribution is 2.25. The van der Waals surface area contributed by atoms with Gasteiger partial charge in [0.05, 0.1) is 23.3 Å². The van der Waals surface area contributed by atoms with Crippen LogP contribution in [-0.2, 0) is 6.54 Å². The van der Waals surface area contributed by atoms with Crippen LogP contribution in [-0.4, -0.2) is 30.3 Å². The highest BCUT2D eigenvalue weighted by molar-refractivity contribution is 7.13. The van der Waals surface area contributed by atoms with Crippen molar-refractivity contribution in [2.45, 2.75) is 6.54 Å². The molecule has 160 valence electrons. The third-order valence-corrected chi connectivity index (χ3v) is 6.41. The highest BCUT2D eigenvalue weighted by atomic mass is 32.1. The van der Waals surface area contributed by atoms with Crippen molar-refractivity contribution in [2.75, 3.05) is 5.32 Å². The number of nitrogens with one attached hydrogen (secondary N) is 1. The zero-order valence-electron chi connectivity index (χ0n) is 17.4. The lowest BCUT2D eigenvalue weighted by atomic mass is 10.0. The van der Waals surface area contributed by atoms with E-state index in [1.165, 1.54) is 16.3 Å². The van der Waals surface area contributed by atoms with Gasteiger partial charge in [0, 0.05) is 18.5 Å². The maximum absolute atomic E-state index is 13.0. The quantitative estimate of drug-likeness (QED) is 0.396. The summed E-state index contributed by atoms with van der Waals surface area (Å²) in [5.74, 6) is 0.185. The molecule has 0 atom stereocenters. The first-order valence-corrected chi connectivity index (χ1v) is 11.3. The topological polar surface area (TPSA) is 77.1 Å². The predicted molar refractivity (Wildman–Crippen MR) is 130 cm³/mol. The molecule has 6 aromatic rings. The average Bonchev–Trinajstić information content (AvgIpc) is 3.60. The van der Waals surface area contributed by atoms with Crippen LogP contribution in [0.3, 0.4) is 0 Å². The summed E-state index contributed by atoms with van der Waals surface area (Å²) in [5.41, 5.74) is 2.97. The zero-order chi connectivity index (χ0) is 22.2. The molecule has 6 rings (SSSR count). The SMILES string of the molecule is O=C(Nc1ccn(Cc2cccc3ccccc23)n1)c1cnn2c(-c3cccs3)ccnc12. The van der Waals surface area contributed by atoms with Gasteiger partial charge in [0.25, 0.3) is 5.91 Å². The van der Waals surface area contributed by atoms with Gasteiger partial charge in [-0.05, 0) is 33.8 Å². The van der Waals surface area contributed by atoms with E-state index in [1.54, 1.807) is 34.3 Å². The van der Waals surface area contributed by atoms with E-state index in [1.807, 2.05) is 52.7 Å².